The molecule has 0 aliphatic rings. The lowest BCUT2D eigenvalue weighted by atomic mass is 10.1. The zero-order chi connectivity index (χ0) is 76.0. The van der Waals surface area contributed by atoms with Crippen LogP contribution in [0, 0.1) is 0 Å². The van der Waals surface area contributed by atoms with Crippen molar-refractivity contribution in [1.29, 1.82) is 0 Å². The summed E-state index contributed by atoms with van der Waals surface area (Å²) in [7, 11) is -9.98. The first kappa shape index (κ1) is 99.5. The van der Waals surface area contributed by atoms with Gasteiger partial charge in [0.2, 0.25) is 0 Å². The summed E-state index contributed by atoms with van der Waals surface area (Å²) >= 11 is 0. The second-order valence-electron chi connectivity index (χ2n) is 27.0. The molecule has 3 N–H and O–H groups in total. The van der Waals surface area contributed by atoms with Crippen molar-refractivity contribution in [3.8, 4) is 0 Å². The molecule has 0 fully saturated rings. The van der Waals surface area contributed by atoms with E-state index in [2.05, 4.69) is 149 Å². The van der Waals surface area contributed by atoms with Crippen LogP contribution in [0.2, 0.25) is 0 Å². The maximum absolute atomic E-state index is 13.1. The summed E-state index contributed by atoms with van der Waals surface area (Å²) in [5.41, 5.74) is 0. The quantitative estimate of drug-likeness (QED) is 0.0169. The molecule has 0 rings (SSSR count). The molecule has 0 saturated carbocycles. The van der Waals surface area contributed by atoms with E-state index in [0.717, 1.165) is 199 Å². The normalized spacial score (nSPS) is 14.5. The number of ether oxygens (including phenoxy) is 4. The zero-order valence-electron chi connectivity index (χ0n) is 65.4. The number of esters is 4. The first-order valence-corrected chi connectivity index (χ1v) is 43.8. The van der Waals surface area contributed by atoms with Gasteiger partial charge in [-0.2, -0.15) is 0 Å². The fourth-order valence-electron chi connectivity index (χ4n) is 10.7. The molecule has 104 heavy (non-hydrogen) atoms. The van der Waals surface area contributed by atoms with Gasteiger partial charge in [-0.25, -0.2) is 9.13 Å². The van der Waals surface area contributed by atoms with E-state index in [9.17, 15) is 43.2 Å². The van der Waals surface area contributed by atoms with E-state index < -0.39 is 97.5 Å². The maximum atomic E-state index is 13.1. The third kappa shape index (κ3) is 75.7. The van der Waals surface area contributed by atoms with Gasteiger partial charge in [-0.1, -0.05) is 278 Å². The van der Waals surface area contributed by atoms with Gasteiger partial charge in [0.15, 0.2) is 12.2 Å². The van der Waals surface area contributed by atoms with Crippen LogP contribution < -0.4 is 0 Å². The Morgan fingerprint density at radius 3 is 0.837 bits per heavy atom. The molecule has 0 bridgehead atoms. The highest BCUT2D eigenvalue weighted by Gasteiger charge is 2.30. The van der Waals surface area contributed by atoms with Crippen molar-refractivity contribution in [3.05, 3.63) is 122 Å². The zero-order valence-corrected chi connectivity index (χ0v) is 67.2. The lowest BCUT2D eigenvalue weighted by Gasteiger charge is -2.21. The van der Waals surface area contributed by atoms with E-state index in [1.807, 2.05) is 0 Å². The predicted molar refractivity (Wildman–Crippen MR) is 427 cm³/mol. The predicted octanol–water partition coefficient (Wildman–Crippen LogP) is 23.9. The van der Waals surface area contributed by atoms with Gasteiger partial charge >= 0.3 is 39.5 Å². The van der Waals surface area contributed by atoms with Crippen LogP contribution in [-0.4, -0.2) is 96.7 Å². The second-order valence-corrected chi connectivity index (χ2v) is 29.9. The Labute approximate surface area is 632 Å². The van der Waals surface area contributed by atoms with E-state index in [-0.39, 0.29) is 25.7 Å². The van der Waals surface area contributed by atoms with E-state index in [0.29, 0.717) is 25.7 Å². The van der Waals surface area contributed by atoms with Crippen molar-refractivity contribution in [2.24, 2.45) is 0 Å². The molecule has 0 aliphatic heterocycles. The number of hydrogen-bond acceptors (Lipinski definition) is 15. The molecule has 0 spiro atoms. The average molecular weight is 1500 g/mol. The smallest absolute Gasteiger partial charge is 0.462 e. The van der Waals surface area contributed by atoms with Crippen LogP contribution in [0.5, 0.6) is 0 Å². The van der Waals surface area contributed by atoms with Gasteiger partial charge in [-0.15, -0.1) is 0 Å². The van der Waals surface area contributed by atoms with Gasteiger partial charge in [0.1, 0.15) is 19.3 Å². The number of rotatable bonds is 76. The number of hydrogen-bond donors (Lipinski definition) is 3. The third-order valence-corrected chi connectivity index (χ3v) is 18.8. The Kier molecular flexibility index (Phi) is 73.3. The molecule has 19 heteroatoms. The highest BCUT2D eigenvalue weighted by atomic mass is 31.2. The molecule has 5 unspecified atom stereocenters. The summed E-state index contributed by atoms with van der Waals surface area (Å²) in [5.74, 6) is -2.23. The number of phosphoric ester groups is 2. The van der Waals surface area contributed by atoms with Crippen LogP contribution in [0.15, 0.2) is 122 Å². The van der Waals surface area contributed by atoms with E-state index in [1.165, 1.54) is 57.8 Å². The third-order valence-electron chi connectivity index (χ3n) is 16.9. The molecule has 0 saturated heterocycles. The molecule has 17 nitrogen and oxygen atoms in total. The summed E-state index contributed by atoms with van der Waals surface area (Å²) in [4.78, 5) is 73.1. The molecule has 0 aromatic carbocycles. The summed E-state index contributed by atoms with van der Waals surface area (Å²) in [6, 6.07) is 0. The molecule has 0 aliphatic carbocycles. The second kappa shape index (κ2) is 76.6. The van der Waals surface area contributed by atoms with Crippen molar-refractivity contribution >= 4 is 39.5 Å². The average Bonchev–Trinajstić information content (AvgIpc) is 0.918. The fourth-order valence-corrected chi connectivity index (χ4v) is 12.2. The van der Waals surface area contributed by atoms with Gasteiger partial charge in [0.25, 0.3) is 0 Å². The van der Waals surface area contributed by atoms with Crippen molar-refractivity contribution in [2.75, 3.05) is 39.6 Å². The molecule has 0 aromatic rings. The standard InChI is InChI=1S/C85H146O17P2/c1-5-9-13-17-21-25-29-33-36-38-39-41-44-47-50-54-58-62-66-70-83(88)96-76-81(102-85(90)72-68-64-60-56-52-48-42-35-31-27-23-19-15-11-7-3)78-100-104(93,94)98-74-79(86)73-97-103(91,92)99-77-80(101-84(89)71-67-63-59-55-51-45-32-28-24-20-16-12-8-4)75-95-82(87)69-65-61-57-53-49-46-43-40-37-34-30-26-22-18-14-10-6-2/h10,14,16,20-22,25-26,28,32-37,39,41-43,46,79-81,86H,5-9,11-13,15,17-19,23-24,27,29-31,38,40,44-45,47-78H2,1-4H3,(H,91,92)(H,93,94)/b14-10-,20-16-,25-21-,26-22-,32-28-,36-33-,37-34-,41-39-,42-35-,46-43-. The fraction of sp³-hybridized carbons (Fsp3) is 0.718. The Morgan fingerprint density at radius 2 is 0.519 bits per heavy atom. The molecule has 0 radical (unpaired) electrons. The lowest BCUT2D eigenvalue weighted by molar-refractivity contribution is -0.161. The highest BCUT2D eigenvalue weighted by molar-refractivity contribution is 7.47. The lowest BCUT2D eigenvalue weighted by Crippen LogP contribution is -2.30. The van der Waals surface area contributed by atoms with E-state index >= 15 is 0 Å². The highest BCUT2D eigenvalue weighted by Crippen LogP contribution is 2.45. The van der Waals surface area contributed by atoms with Crippen LogP contribution in [0.3, 0.4) is 0 Å². The van der Waals surface area contributed by atoms with E-state index in [4.69, 9.17) is 37.0 Å². The monoisotopic (exact) mass is 1500 g/mol. The van der Waals surface area contributed by atoms with Gasteiger partial charge in [-0.05, 0) is 154 Å². The number of aliphatic hydroxyl groups excluding tert-OH is 1. The minimum Gasteiger partial charge on any atom is -0.462 e. The first-order valence-electron chi connectivity index (χ1n) is 40.8. The Hall–Kier alpha value is -4.54. The topological polar surface area (TPSA) is 237 Å². The Balaban J connectivity index is 5.38. The van der Waals surface area contributed by atoms with Crippen molar-refractivity contribution < 1.29 is 80.2 Å². The maximum Gasteiger partial charge on any atom is 0.472 e. The molecule has 0 heterocycles. The molecule has 0 aromatic heterocycles. The number of unbranched alkanes of at least 4 members (excludes halogenated alkanes) is 30. The van der Waals surface area contributed by atoms with Crippen LogP contribution in [0.4, 0.5) is 0 Å². The Morgan fingerprint density at radius 1 is 0.279 bits per heavy atom. The van der Waals surface area contributed by atoms with Crippen LogP contribution in [0.25, 0.3) is 0 Å². The summed E-state index contributed by atoms with van der Waals surface area (Å²) in [6.45, 7) is 4.62. The number of carbonyl (C=O) groups excluding carboxylic acids is 4. The summed E-state index contributed by atoms with van der Waals surface area (Å²) < 4.78 is 68.6. The van der Waals surface area contributed by atoms with Gasteiger partial charge in [0.05, 0.1) is 26.4 Å². The van der Waals surface area contributed by atoms with E-state index in [1.54, 1.807) is 0 Å². The molecular formula is C85H146O17P2. The molecule has 0 amide bonds. The van der Waals surface area contributed by atoms with Gasteiger partial charge < -0.3 is 33.8 Å². The molecular weight excluding hydrogens is 1350 g/mol. The summed E-state index contributed by atoms with van der Waals surface area (Å²) in [6.07, 6.45) is 84.5. The molecule has 5 atom stereocenters. The van der Waals surface area contributed by atoms with Crippen LogP contribution in [-0.2, 0) is 65.4 Å². The first-order chi connectivity index (χ1) is 50.7. The number of phosphoric acid groups is 2. The minimum absolute atomic E-state index is 0.0707. The largest absolute Gasteiger partial charge is 0.472 e. The van der Waals surface area contributed by atoms with Crippen molar-refractivity contribution in [2.45, 2.75) is 354 Å². The summed E-state index contributed by atoms with van der Waals surface area (Å²) in [5, 5.41) is 10.6. The number of aliphatic hydroxyl groups is 1. The van der Waals surface area contributed by atoms with Gasteiger partial charge in [-0.3, -0.25) is 37.3 Å². The number of carbonyl (C=O) groups is 4. The Bertz CT molecular complexity index is 2440. The van der Waals surface area contributed by atoms with Crippen LogP contribution >= 0.6 is 15.6 Å². The SMILES string of the molecule is CC/C=C\C/C=C\C/C=C\C/C=C\CCCCCCC(=O)OCC(COP(=O)(O)OCC(O)COP(=O)(O)OCC(COC(=O)CCCCCCCC/C=C\C/C=C\C/C=C\CCCCC)OC(=O)CCCCCCC/C=C\CCCCCCCC)OC(=O)CCCCCCC/C=C\C/C=C\CCC. The molecule has 598 valence electrons. The van der Waals surface area contributed by atoms with Crippen LogP contribution in [0.1, 0.15) is 336 Å². The number of allylic oxidation sites excluding steroid dienone is 20. The van der Waals surface area contributed by atoms with Gasteiger partial charge in [0, 0.05) is 25.7 Å². The minimum atomic E-state index is -4.99. The van der Waals surface area contributed by atoms with Crippen molar-refractivity contribution in [1.82, 2.24) is 0 Å². The van der Waals surface area contributed by atoms with Crippen molar-refractivity contribution in [3.63, 3.8) is 0 Å².